The Balaban J connectivity index is 1.90. The monoisotopic (exact) mass is 384 g/mol. The number of nitrogens with one attached hydrogen (secondary N) is 1. The number of imide groups is 1. The third kappa shape index (κ3) is 3.67. The molecular formula is C20H26N5O3+. The van der Waals surface area contributed by atoms with E-state index in [0.29, 0.717) is 23.9 Å². The minimum absolute atomic E-state index is 0.000594. The lowest BCUT2D eigenvalue weighted by atomic mass is 10.1. The highest BCUT2D eigenvalue weighted by atomic mass is 16.2. The van der Waals surface area contributed by atoms with Gasteiger partial charge >= 0.3 is 12.0 Å². The van der Waals surface area contributed by atoms with Gasteiger partial charge in [0.05, 0.1) is 6.54 Å². The number of aliphatic imine (C=N–C) groups is 1. The number of carbonyl (C=O) groups is 3. The van der Waals surface area contributed by atoms with Gasteiger partial charge in [-0.3, -0.25) is 24.7 Å². The fourth-order valence-electron chi connectivity index (χ4n) is 3.35. The van der Waals surface area contributed by atoms with E-state index >= 15 is 0 Å². The lowest BCUT2D eigenvalue weighted by Gasteiger charge is -2.31. The zero-order valence-corrected chi connectivity index (χ0v) is 16.5. The Hall–Kier alpha value is -3.03. The van der Waals surface area contributed by atoms with Crippen LogP contribution in [-0.2, 0) is 4.79 Å². The molecule has 28 heavy (non-hydrogen) atoms. The van der Waals surface area contributed by atoms with Gasteiger partial charge in [0.1, 0.15) is 6.54 Å². The highest BCUT2D eigenvalue weighted by Crippen LogP contribution is 2.19. The van der Waals surface area contributed by atoms with Gasteiger partial charge in [-0.15, -0.1) is 0 Å². The highest BCUT2D eigenvalue weighted by Gasteiger charge is 2.51. The van der Waals surface area contributed by atoms with E-state index in [1.165, 1.54) is 11.9 Å². The van der Waals surface area contributed by atoms with Gasteiger partial charge in [-0.2, -0.15) is 0 Å². The molecule has 0 saturated carbocycles. The molecule has 3 amide bonds. The number of ketones is 1. The van der Waals surface area contributed by atoms with E-state index in [0.717, 1.165) is 24.2 Å². The van der Waals surface area contributed by atoms with Gasteiger partial charge in [0.25, 0.3) is 5.91 Å². The summed E-state index contributed by atoms with van der Waals surface area (Å²) in [4.78, 5) is 44.8. The van der Waals surface area contributed by atoms with E-state index < -0.39 is 12.1 Å². The van der Waals surface area contributed by atoms with Crippen LogP contribution in [0.2, 0.25) is 0 Å². The average molecular weight is 384 g/mol. The quantitative estimate of drug-likeness (QED) is 0.437. The number of fused-ring (bicyclic) bond motifs is 1. The second kappa shape index (κ2) is 8.33. The second-order valence-corrected chi connectivity index (χ2v) is 6.99. The first-order chi connectivity index (χ1) is 13.5. The Morgan fingerprint density at radius 1 is 1.14 bits per heavy atom. The molecule has 0 bridgehead atoms. The molecule has 2 aliphatic heterocycles. The predicted octanol–water partition coefficient (Wildman–Crippen LogP) is 1.32. The molecule has 1 atom stereocenters. The van der Waals surface area contributed by atoms with Gasteiger partial charge in [-0.05, 0) is 6.42 Å². The van der Waals surface area contributed by atoms with Crippen LogP contribution in [0.15, 0.2) is 35.3 Å². The molecule has 8 nitrogen and oxygen atoms in total. The minimum atomic E-state index is -0.783. The molecule has 0 radical (unpaired) electrons. The molecule has 0 aliphatic carbocycles. The summed E-state index contributed by atoms with van der Waals surface area (Å²) in [5.74, 6) is 0.323. The molecule has 1 unspecified atom stereocenters. The fourth-order valence-corrected chi connectivity index (χ4v) is 3.35. The number of urea groups is 1. The number of amides is 3. The molecule has 3 rings (SSSR count). The van der Waals surface area contributed by atoms with Crippen LogP contribution in [0.25, 0.3) is 0 Å². The molecule has 148 valence electrons. The van der Waals surface area contributed by atoms with Crippen LogP contribution in [0.3, 0.4) is 0 Å². The zero-order chi connectivity index (χ0) is 20.3. The number of benzene rings is 1. The van der Waals surface area contributed by atoms with Crippen molar-refractivity contribution in [2.75, 3.05) is 27.2 Å². The highest BCUT2D eigenvalue weighted by molar-refractivity contribution is 6.22. The van der Waals surface area contributed by atoms with E-state index in [-0.39, 0.29) is 18.2 Å². The maximum atomic E-state index is 12.8. The van der Waals surface area contributed by atoms with Crippen LogP contribution in [0.5, 0.6) is 0 Å². The van der Waals surface area contributed by atoms with Gasteiger partial charge in [0, 0.05) is 19.7 Å². The first-order valence-corrected chi connectivity index (χ1v) is 9.55. The number of rotatable bonds is 7. The molecule has 0 spiro atoms. The molecule has 1 N–H and O–H groups in total. The van der Waals surface area contributed by atoms with Crippen LogP contribution in [-0.4, -0.2) is 77.1 Å². The van der Waals surface area contributed by atoms with Crippen LogP contribution >= 0.6 is 0 Å². The van der Waals surface area contributed by atoms with E-state index in [1.807, 2.05) is 6.07 Å². The van der Waals surface area contributed by atoms with Crippen LogP contribution < -0.4 is 5.32 Å². The Labute approximate surface area is 164 Å². The Kier molecular flexibility index (Phi) is 5.87. The summed E-state index contributed by atoms with van der Waals surface area (Å²) < 4.78 is 1.67. The van der Waals surface area contributed by atoms with E-state index in [2.05, 4.69) is 17.2 Å². The third-order valence-corrected chi connectivity index (χ3v) is 5.00. The van der Waals surface area contributed by atoms with Crippen molar-refractivity contribution >= 4 is 29.5 Å². The van der Waals surface area contributed by atoms with Crippen molar-refractivity contribution in [3.63, 3.8) is 0 Å². The predicted molar refractivity (Wildman–Crippen MR) is 106 cm³/mol. The van der Waals surface area contributed by atoms with Crippen molar-refractivity contribution < 1.29 is 19.0 Å². The molecule has 8 heteroatoms. The van der Waals surface area contributed by atoms with Crippen molar-refractivity contribution in [1.82, 2.24) is 15.1 Å². The number of Topliss-reactive ketones (excluding diaryl/α,β-unsaturated/α-hetero) is 1. The van der Waals surface area contributed by atoms with Gasteiger partial charge in [0.2, 0.25) is 11.9 Å². The lowest BCUT2D eigenvalue weighted by Crippen LogP contribution is -2.62. The third-order valence-electron chi connectivity index (χ3n) is 5.00. The van der Waals surface area contributed by atoms with Crippen molar-refractivity contribution in [3.05, 3.63) is 35.9 Å². The molecule has 1 fully saturated rings. The maximum absolute atomic E-state index is 12.8. The fraction of sp³-hybridized carbons (Fsp3) is 0.450. The Morgan fingerprint density at radius 2 is 1.86 bits per heavy atom. The average Bonchev–Trinajstić information content (AvgIpc) is 3.07. The van der Waals surface area contributed by atoms with Crippen molar-refractivity contribution in [2.45, 2.75) is 32.2 Å². The molecule has 1 aromatic carbocycles. The summed E-state index contributed by atoms with van der Waals surface area (Å²) in [6, 6.07) is 7.74. The molecular weight excluding hydrogens is 358 g/mol. The number of likely N-dealkylation sites (N-methyl/N-ethyl adjacent to an activating group) is 2. The number of guanidine groups is 1. The topological polar surface area (TPSA) is 85.1 Å². The second-order valence-electron chi connectivity index (χ2n) is 6.99. The van der Waals surface area contributed by atoms with Gasteiger partial charge < -0.3 is 0 Å². The van der Waals surface area contributed by atoms with Crippen LogP contribution in [0, 0.1) is 0 Å². The van der Waals surface area contributed by atoms with Gasteiger partial charge in [-0.1, -0.05) is 55.1 Å². The van der Waals surface area contributed by atoms with Crippen LogP contribution in [0.4, 0.5) is 4.79 Å². The lowest BCUT2D eigenvalue weighted by molar-refractivity contribution is -0.524. The first-order valence-electron chi connectivity index (χ1n) is 9.55. The van der Waals surface area contributed by atoms with Gasteiger partial charge in [-0.25, -0.2) is 9.37 Å². The summed E-state index contributed by atoms with van der Waals surface area (Å²) in [6.07, 6.45) is 3.12. The molecule has 0 aromatic heterocycles. The van der Waals surface area contributed by atoms with Crippen molar-refractivity contribution in [2.24, 2.45) is 4.99 Å². The molecule has 2 heterocycles. The normalized spacial score (nSPS) is 19.1. The number of carbonyl (C=O) groups excluding carboxylic acids is 3. The molecule has 1 aromatic rings. The first kappa shape index (κ1) is 19.7. The summed E-state index contributed by atoms with van der Waals surface area (Å²) in [5, 5.41) is 3.24. The SMILES string of the molecule is CCCCCNC1=[N+](CC(=O)c2ccccc2)C2C(=O)N(C)C(=O)N(C)C2=N1. The number of unbranched alkanes of at least 4 members (excludes halogenated alkanes) is 2. The van der Waals surface area contributed by atoms with Crippen molar-refractivity contribution in [3.8, 4) is 0 Å². The van der Waals surface area contributed by atoms with E-state index in [9.17, 15) is 14.4 Å². The minimum Gasteiger partial charge on any atom is -0.291 e. The number of nitrogens with zero attached hydrogens (tertiary/aromatic N) is 4. The number of amidine groups is 1. The van der Waals surface area contributed by atoms with E-state index in [1.54, 1.807) is 35.9 Å². The van der Waals surface area contributed by atoms with Crippen LogP contribution in [0.1, 0.15) is 36.5 Å². The summed E-state index contributed by atoms with van der Waals surface area (Å²) in [6.45, 7) is 2.81. The molecule has 2 aliphatic rings. The smallest absolute Gasteiger partial charge is 0.291 e. The maximum Gasteiger partial charge on any atom is 0.390 e. The van der Waals surface area contributed by atoms with E-state index in [4.69, 9.17) is 0 Å². The Morgan fingerprint density at radius 3 is 2.54 bits per heavy atom. The number of hydrogen-bond acceptors (Lipinski definition) is 5. The Bertz CT molecular complexity index is 847. The van der Waals surface area contributed by atoms with Crippen molar-refractivity contribution in [1.29, 1.82) is 0 Å². The largest absolute Gasteiger partial charge is 0.390 e. The summed E-state index contributed by atoms with van der Waals surface area (Å²) in [7, 11) is 3.04. The zero-order valence-electron chi connectivity index (χ0n) is 16.5. The summed E-state index contributed by atoms with van der Waals surface area (Å²) in [5.41, 5.74) is 0.572. The molecule has 1 saturated heterocycles. The number of hydrogen-bond donors (Lipinski definition) is 1. The standard InChI is InChI=1S/C20H25N5O3/c1-4-5-9-12-21-19-22-17-16(18(27)24(3)20(28)23(17)2)25(19)13-15(26)14-10-7-6-8-11-14/h6-8,10-11,16H,4-5,9,12-13H2,1-3H3/p+1. The summed E-state index contributed by atoms with van der Waals surface area (Å²) >= 11 is 0. The van der Waals surface area contributed by atoms with Gasteiger partial charge in [0.15, 0.2) is 5.78 Å².